The van der Waals surface area contributed by atoms with Gasteiger partial charge < -0.3 is 5.11 Å². The topological polar surface area (TPSA) is 49.2 Å². The molecule has 2 bridgehead atoms. The van der Waals surface area contributed by atoms with Gasteiger partial charge in [0.2, 0.25) is 0 Å². The lowest BCUT2D eigenvalue weighted by atomic mass is 9.80. The molecule has 2 atom stereocenters. The van der Waals surface area contributed by atoms with Gasteiger partial charge in [-0.1, -0.05) is 30.8 Å². The van der Waals surface area contributed by atoms with Crippen molar-refractivity contribution < 1.29 is 9.50 Å². The van der Waals surface area contributed by atoms with E-state index in [9.17, 15) is 9.50 Å². The molecule has 2 saturated heterocycles. The number of thioether (sulfide) groups is 1. The third kappa shape index (κ3) is 4.03. The van der Waals surface area contributed by atoms with Gasteiger partial charge in [-0.25, -0.2) is 14.4 Å². The number of aromatic nitrogens is 2. The quantitative estimate of drug-likeness (QED) is 0.596. The molecule has 0 spiro atoms. The van der Waals surface area contributed by atoms with Gasteiger partial charge >= 0.3 is 0 Å². The molecule has 1 N–H and O–H groups in total. The molecule has 0 aliphatic carbocycles. The Morgan fingerprint density at radius 2 is 1.78 bits per heavy atom. The van der Waals surface area contributed by atoms with Crippen molar-refractivity contribution >= 4 is 11.8 Å². The first-order chi connectivity index (χ1) is 13.1. The predicted molar refractivity (Wildman–Crippen MR) is 105 cm³/mol. The molecule has 0 amide bonds. The minimum atomic E-state index is -0.854. The van der Waals surface area contributed by atoms with Crippen molar-refractivity contribution in [3.63, 3.8) is 0 Å². The Morgan fingerprint density at radius 1 is 1.15 bits per heavy atom. The van der Waals surface area contributed by atoms with Crippen LogP contribution in [0.25, 0.3) is 0 Å². The van der Waals surface area contributed by atoms with Crippen LogP contribution in [0.1, 0.15) is 50.2 Å². The molecule has 4 rings (SSSR count). The van der Waals surface area contributed by atoms with Crippen LogP contribution in [0.15, 0.2) is 41.8 Å². The maximum absolute atomic E-state index is 13.2. The van der Waals surface area contributed by atoms with Crippen LogP contribution in [0.5, 0.6) is 0 Å². The Labute approximate surface area is 164 Å². The maximum atomic E-state index is 13.2. The van der Waals surface area contributed by atoms with E-state index < -0.39 is 5.60 Å². The van der Waals surface area contributed by atoms with E-state index >= 15 is 0 Å². The minimum absolute atomic E-state index is 0.261. The van der Waals surface area contributed by atoms with Gasteiger partial charge in [-0.05, 0) is 49.8 Å². The van der Waals surface area contributed by atoms with Crippen molar-refractivity contribution in [3.05, 3.63) is 53.6 Å². The lowest BCUT2D eigenvalue weighted by Crippen LogP contribution is -2.49. The van der Waals surface area contributed by atoms with Crippen LogP contribution in [-0.4, -0.2) is 37.8 Å². The van der Waals surface area contributed by atoms with E-state index in [4.69, 9.17) is 0 Å². The van der Waals surface area contributed by atoms with Gasteiger partial charge in [-0.15, -0.1) is 0 Å². The van der Waals surface area contributed by atoms with Crippen LogP contribution < -0.4 is 0 Å². The van der Waals surface area contributed by atoms with E-state index in [2.05, 4.69) is 21.8 Å². The van der Waals surface area contributed by atoms with Gasteiger partial charge in [0.1, 0.15) is 5.82 Å². The van der Waals surface area contributed by atoms with Gasteiger partial charge in [0.25, 0.3) is 0 Å². The second-order valence-corrected chi connectivity index (χ2v) is 8.79. The first kappa shape index (κ1) is 18.8. The van der Waals surface area contributed by atoms with Crippen molar-refractivity contribution in [1.29, 1.82) is 0 Å². The van der Waals surface area contributed by atoms with E-state index in [1.165, 1.54) is 12.1 Å². The van der Waals surface area contributed by atoms with Crippen LogP contribution >= 0.6 is 11.8 Å². The highest BCUT2D eigenvalue weighted by atomic mass is 32.2. The van der Waals surface area contributed by atoms with Gasteiger partial charge in [0.05, 0.1) is 5.60 Å². The summed E-state index contributed by atoms with van der Waals surface area (Å²) >= 11 is 1.69. The molecule has 0 radical (unpaired) electrons. The van der Waals surface area contributed by atoms with Crippen molar-refractivity contribution in [2.45, 2.75) is 68.4 Å². The van der Waals surface area contributed by atoms with Crippen LogP contribution in [0.4, 0.5) is 4.39 Å². The number of piperidine rings is 1. The minimum Gasteiger partial charge on any atom is -0.385 e. The summed E-state index contributed by atoms with van der Waals surface area (Å²) in [7, 11) is 0. The summed E-state index contributed by atoms with van der Waals surface area (Å²) in [6.07, 6.45) is 8.57. The molecule has 2 aliphatic heterocycles. The van der Waals surface area contributed by atoms with Crippen molar-refractivity contribution in [2.24, 2.45) is 0 Å². The summed E-state index contributed by atoms with van der Waals surface area (Å²) in [6, 6.07) is 7.02. The summed E-state index contributed by atoms with van der Waals surface area (Å²) in [5.41, 5.74) is 1.11. The SMILES string of the molecule is CCCSc1ncc(CN2C3CCC2CC(O)(c2ccc(F)cc2)C3)cn1. The normalized spacial score (nSPS) is 27.8. The second kappa shape index (κ2) is 7.86. The van der Waals surface area contributed by atoms with Crippen LogP contribution in [0.3, 0.4) is 0 Å². The Bertz CT molecular complexity index is 754. The van der Waals surface area contributed by atoms with E-state index in [0.717, 1.165) is 47.8 Å². The Kier molecular flexibility index (Phi) is 5.48. The fourth-order valence-corrected chi connectivity index (χ4v) is 5.11. The lowest BCUT2D eigenvalue weighted by molar-refractivity contribution is -0.0595. The van der Waals surface area contributed by atoms with Crippen molar-refractivity contribution in [2.75, 3.05) is 5.75 Å². The molecule has 3 heterocycles. The number of halogens is 1. The summed E-state index contributed by atoms with van der Waals surface area (Å²) in [6.45, 7) is 2.98. The first-order valence-corrected chi connectivity index (χ1v) is 10.7. The fraction of sp³-hybridized carbons (Fsp3) is 0.524. The number of hydrogen-bond acceptors (Lipinski definition) is 5. The largest absolute Gasteiger partial charge is 0.385 e. The number of nitrogens with zero attached hydrogens (tertiary/aromatic N) is 3. The Balaban J connectivity index is 1.44. The smallest absolute Gasteiger partial charge is 0.187 e. The zero-order valence-corrected chi connectivity index (χ0v) is 16.5. The maximum Gasteiger partial charge on any atom is 0.187 e. The van der Waals surface area contributed by atoms with Gasteiger partial charge in [0.15, 0.2) is 5.16 Å². The molecule has 144 valence electrons. The average Bonchev–Trinajstić information content (AvgIpc) is 2.91. The molecule has 2 unspecified atom stereocenters. The van der Waals surface area contributed by atoms with E-state index in [-0.39, 0.29) is 5.82 Å². The third-order valence-electron chi connectivity index (χ3n) is 5.78. The Morgan fingerprint density at radius 3 is 2.37 bits per heavy atom. The number of fused-ring (bicyclic) bond motifs is 2. The number of hydrogen-bond donors (Lipinski definition) is 1. The van der Waals surface area contributed by atoms with Crippen molar-refractivity contribution in [3.8, 4) is 0 Å². The second-order valence-electron chi connectivity index (χ2n) is 7.73. The predicted octanol–water partition coefficient (Wildman–Crippen LogP) is 4.13. The molecule has 0 saturated carbocycles. The van der Waals surface area contributed by atoms with Crippen LogP contribution in [-0.2, 0) is 12.1 Å². The van der Waals surface area contributed by atoms with Crippen molar-refractivity contribution in [1.82, 2.24) is 14.9 Å². The van der Waals surface area contributed by atoms with Gasteiger partial charge in [-0.2, -0.15) is 0 Å². The van der Waals surface area contributed by atoms with Crippen LogP contribution in [0.2, 0.25) is 0 Å². The molecular formula is C21H26FN3OS. The standard InChI is InChI=1S/C21H26FN3OS/c1-2-9-27-20-23-12-15(13-24-20)14-25-18-7-8-19(25)11-21(26,10-18)16-3-5-17(22)6-4-16/h3-6,12-13,18-19,26H,2,7-11,14H2,1H3. The van der Waals surface area contributed by atoms with Crippen LogP contribution in [0, 0.1) is 5.82 Å². The lowest BCUT2D eigenvalue weighted by Gasteiger charge is -2.44. The molecule has 1 aromatic carbocycles. The number of aliphatic hydroxyl groups is 1. The molecule has 4 nitrogen and oxygen atoms in total. The highest BCUT2D eigenvalue weighted by molar-refractivity contribution is 7.99. The number of rotatable bonds is 6. The van der Waals surface area contributed by atoms with E-state index in [1.807, 2.05) is 12.4 Å². The van der Waals surface area contributed by atoms with E-state index in [0.29, 0.717) is 24.9 Å². The van der Waals surface area contributed by atoms with Gasteiger partial charge in [-0.3, -0.25) is 4.90 Å². The Hall–Kier alpha value is -1.50. The molecule has 2 fully saturated rings. The molecule has 2 aliphatic rings. The summed E-state index contributed by atoms with van der Waals surface area (Å²) in [4.78, 5) is 11.4. The number of benzene rings is 1. The van der Waals surface area contributed by atoms with Gasteiger partial charge in [0, 0.05) is 42.3 Å². The highest BCUT2D eigenvalue weighted by Crippen LogP contribution is 2.46. The molecule has 2 aromatic rings. The zero-order valence-electron chi connectivity index (χ0n) is 15.6. The molecule has 27 heavy (non-hydrogen) atoms. The van der Waals surface area contributed by atoms with E-state index in [1.54, 1.807) is 23.9 Å². The molecule has 6 heteroatoms. The fourth-order valence-electron chi connectivity index (χ4n) is 4.47. The highest BCUT2D eigenvalue weighted by Gasteiger charge is 2.48. The monoisotopic (exact) mass is 387 g/mol. The summed E-state index contributed by atoms with van der Waals surface area (Å²) < 4.78 is 13.2. The average molecular weight is 388 g/mol. The molecular weight excluding hydrogens is 361 g/mol. The summed E-state index contributed by atoms with van der Waals surface area (Å²) in [5.74, 6) is 0.778. The first-order valence-electron chi connectivity index (χ1n) is 9.75. The zero-order chi connectivity index (χ0) is 18.9. The molecule has 1 aromatic heterocycles. The summed E-state index contributed by atoms with van der Waals surface area (Å²) in [5, 5.41) is 12.1. The third-order valence-corrected chi connectivity index (χ3v) is 6.86.